The maximum atomic E-state index is 11.3. The second-order valence-corrected chi connectivity index (χ2v) is 10.6. The van der Waals surface area contributed by atoms with Gasteiger partial charge in [0.15, 0.2) is 17.1 Å². The van der Waals surface area contributed by atoms with Gasteiger partial charge in [-0.3, -0.25) is 50.9 Å². The van der Waals surface area contributed by atoms with Crippen molar-refractivity contribution in [2.75, 3.05) is 0 Å². The fraction of sp³-hybridized carbons (Fsp3) is 0.100. The number of aryl methyl sites for hydroxylation is 1. The molecule has 0 radical (unpaired) electrons. The summed E-state index contributed by atoms with van der Waals surface area (Å²) in [5, 5.41) is 3.96. The Bertz CT molecular complexity index is 1440. The molecule has 0 saturated carbocycles. The Morgan fingerprint density at radius 1 is 0.833 bits per heavy atom. The van der Waals surface area contributed by atoms with Crippen LogP contribution in [0.5, 0.6) is 0 Å². The third kappa shape index (κ3) is 8.86. The molecule has 4 aromatic rings. The molecule has 0 saturated heterocycles. The number of benzene rings is 2. The predicted octanol–water partition coefficient (Wildman–Crippen LogP) is 1.88. The molecule has 0 aliphatic heterocycles. The quantitative estimate of drug-likeness (QED) is 0.147. The summed E-state index contributed by atoms with van der Waals surface area (Å²) in [6.45, 7) is 0. The number of carbonyl (C=O) groups is 2. The molecule has 0 aliphatic carbocycles. The van der Waals surface area contributed by atoms with Crippen molar-refractivity contribution in [1.82, 2.24) is 20.1 Å². The van der Waals surface area contributed by atoms with Crippen molar-refractivity contribution in [1.29, 1.82) is 0 Å². The zero-order chi connectivity index (χ0) is 26.3. The molecule has 14 nitrogen and oxygen atoms in total. The molecule has 2 aromatic carbocycles. The fourth-order valence-corrected chi connectivity index (χ4v) is 3.74. The third-order valence-electron chi connectivity index (χ3n) is 4.18. The molecule has 0 spiro atoms. The Morgan fingerprint density at radius 2 is 1.39 bits per heavy atom. The van der Waals surface area contributed by atoms with Crippen LogP contribution in [-0.2, 0) is 25.1 Å². The van der Waals surface area contributed by atoms with Gasteiger partial charge in [0.1, 0.15) is 11.0 Å². The lowest BCUT2D eigenvalue weighted by Gasteiger charge is -2.07. The molecule has 0 bridgehead atoms. The highest BCUT2D eigenvalue weighted by Crippen LogP contribution is 2.20. The van der Waals surface area contributed by atoms with Crippen LogP contribution in [0.2, 0.25) is 0 Å². The van der Waals surface area contributed by atoms with Gasteiger partial charge < -0.3 is 8.83 Å². The smallest absolute Gasteiger partial charge is 0.300 e. The van der Waals surface area contributed by atoms with Crippen LogP contribution >= 0.6 is 15.2 Å². The van der Waals surface area contributed by atoms with E-state index in [2.05, 4.69) is 9.97 Å². The van der Waals surface area contributed by atoms with Crippen LogP contribution in [0.4, 0.5) is 0 Å². The van der Waals surface area contributed by atoms with Crippen LogP contribution in [0.25, 0.3) is 28.3 Å². The SMILES string of the molecule is NP(N)(=O)NC(=O)C=Cc1nc2ccccc2o1.NP(N)(=O)NC(=O)CCc1nc2ccccc2o1. The highest BCUT2D eigenvalue weighted by atomic mass is 31.2. The van der Waals surface area contributed by atoms with Gasteiger partial charge in [0.05, 0.1) is 0 Å². The zero-order valence-corrected chi connectivity index (χ0v) is 20.5. The first-order chi connectivity index (χ1) is 16.9. The molecule has 2 heterocycles. The second-order valence-electron chi connectivity index (χ2n) is 7.36. The summed E-state index contributed by atoms with van der Waals surface area (Å²) in [5.74, 6) is -0.471. The van der Waals surface area contributed by atoms with Crippen molar-refractivity contribution >= 4 is 55.3 Å². The van der Waals surface area contributed by atoms with Gasteiger partial charge in [-0.05, 0) is 24.3 Å². The Balaban J connectivity index is 0.000000201. The number of nitrogens with two attached hydrogens (primary N) is 4. The van der Waals surface area contributed by atoms with Crippen molar-refractivity contribution in [2.45, 2.75) is 12.8 Å². The lowest BCUT2D eigenvalue weighted by Crippen LogP contribution is -2.28. The molecule has 16 heteroatoms. The van der Waals surface area contributed by atoms with Gasteiger partial charge in [0.2, 0.25) is 11.8 Å². The Hall–Kier alpha value is -3.64. The number of hydrogen-bond donors (Lipinski definition) is 6. The number of nitrogens with zero attached hydrogens (tertiary/aromatic N) is 2. The number of aromatic nitrogens is 2. The minimum atomic E-state index is -3.57. The molecule has 4 rings (SSSR count). The summed E-state index contributed by atoms with van der Waals surface area (Å²) < 4.78 is 32.7. The number of fused-ring (bicyclic) bond motifs is 2. The zero-order valence-electron chi connectivity index (χ0n) is 18.7. The van der Waals surface area contributed by atoms with Crippen LogP contribution in [0.3, 0.4) is 0 Å². The number of hydrogen-bond acceptors (Lipinski definition) is 8. The van der Waals surface area contributed by atoms with E-state index >= 15 is 0 Å². The van der Waals surface area contributed by atoms with E-state index in [1.807, 2.05) is 40.5 Å². The summed E-state index contributed by atoms with van der Waals surface area (Å²) in [6, 6.07) is 14.5. The van der Waals surface area contributed by atoms with Crippen LogP contribution in [0.1, 0.15) is 18.2 Å². The topological polar surface area (TPSA) is 248 Å². The third-order valence-corrected chi connectivity index (χ3v) is 5.34. The summed E-state index contributed by atoms with van der Waals surface area (Å²) in [4.78, 5) is 30.9. The van der Waals surface area contributed by atoms with Gasteiger partial charge >= 0.3 is 7.59 Å². The van der Waals surface area contributed by atoms with Crippen molar-refractivity contribution in [3.05, 3.63) is 66.4 Å². The maximum Gasteiger partial charge on any atom is 0.300 e. The van der Waals surface area contributed by atoms with Gasteiger partial charge in [0.25, 0.3) is 13.5 Å². The Kier molecular flexibility index (Phi) is 8.53. The molecular weight excluding hydrogens is 510 g/mol. The van der Waals surface area contributed by atoms with Crippen LogP contribution in [0.15, 0.2) is 63.4 Å². The number of rotatable bonds is 7. The molecule has 0 fully saturated rings. The van der Waals surface area contributed by atoms with E-state index in [1.54, 1.807) is 18.2 Å². The standard InChI is InChI=1S/C10H13N4O3P.C10H11N4O3P/c2*11-18(12,16)14-9(15)5-6-10-13-7-3-1-2-4-8(7)17-10/h1-4H,5-6H2,(H5,11,12,14,15,16);1-6H,(H5,11,12,14,15,16). The van der Waals surface area contributed by atoms with Crippen LogP contribution in [0, 0.1) is 0 Å². The highest BCUT2D eigenvalue weighted by Gasteiger charge is 2.14. The van der Waals surface area contributed by atoms with Crippen LogP contribution in [-0.4, -0.2) is 21.8 Å². The molecule has 10 N–H and O–H groups in total. The molecule has 0 unspecified atom stereocenters. The monoisotopic (exact) mass is 534 g/mol. The van der Waals surface area contributed by atoms with E-state index in [1.165, 1.54) is 6.08 Å². The first-order valence-electron chi connectivity index (χ1n) is 10.2. The number of amides is 2. The van der Waals surface area contributed by atoms with E-state index in [-0.39, 0.29) is 12.3 Å². The largest absolute Gasteiger partial charge is 0.441 e. The Morgan fingerprint density at radius 3 is 1.94 bits per heavy atom. The molecular formula is C20H24N8O6P2. The number of oxazole rings is 2. The fourth-order valence-electron chi connectivity index (χ4n) is 2.82. The first kappa shape index (κ1) is 27.0. The maximum absolute atomic E-state index is 11.3. The normalized spacial score (nSPS) is 11.9. The van der Waals surface area contributed by atoms with Gasteiger partial charge in [-0.2, -0.15) is 0 Å². The number of nitrogens with one attached hydrogen (secondary N) is 2. The lowest BCUT2D eigenvalue weighted by molar-refractivity contribution is -0.119. The predicted molar refractivity (Wildman–Crippen MR) is 134 cm³/mol. The summed E-state index contributed by atoms with van der Waals surface area (Å²) >= 11 is 0. The number of para-hydroxylation sites is 4. The van der Waals surface area contributed by atoms with Crippen molar-refractivity contribution in [2.24, 2.45) is 22.0 Å². The highest BCUT2D eigenvalue weighted by molar-refractivity contribution is 7.57. The van der Waals surface area contributed by atoms with Crippen molar-refractivity contribution in [3.63, 3.8) is 0 Å². The molecule has 36 heavy (non-hydrogen) atoms. The van der Waals surface area contributed by atoms with Crippen molar-refractivity contribution in [3.8, 4) is 0 Å². The van der Waals surface area contributed by atoms with Crippen LogP contribution < -0.4 is 32.2 Å². The minimum Gasteiger partial charge on any atom is -0.441 e. The minimum absolute atomic E-state index is 0.0607. The summed E-state index contributed by atoms with van der Waals surface area (Å²) in [7, 11) is -7.10. The van der Waals surface area contributed by atoms with Crippen molar-refractivity contribution < 1.29 is 27.6 Å². The summed E-state index contributed by atoms with van der Waals surface area (Å²) in [6.07, 6.45) is 2.79. The number of carbonyl (C=O) groups excluding carboxylic acids is 2. The van der Waals surface area contributed by atoms with Gasteiger partial charge in [-0.15, -0.1) is 0 Å². The van der Waals surface area contributed by atoms with E-state index in [4.69, 9.17) is 30.9 Å². The lowest BCUT2D eigenvalue weighted by atomic mass is 10.3. The van der Waals surface area contributed by atoms with Gasteiger partial charge in [-0.1, -0.05) is 24.3 Å². The van der Waals surface area contributed by atoms with E-state index in [0.29, 0.717) is 29.0 Å². The molecule has 0 aliphatic rings. The molecule has 190 valence electrons. The Labute approximate surface area is 204 Å². The molecule has 2 aromatic heterocycles. The first-order valence-corrected chi connectivity index (χ1v) is 13.9. The van der Waals surface area contributed by atoms with E-state index in [0.717, 1.165) is 11.6 Å². The molecule has 2 amide bonds. The average Bonchev–Trinajstić information content (AvgIpc) is 3.38. The second kappa shape index (κ2) is 11.4. The molecule has 0 atom stereocenters. The summed E-state index contributed by atoms with van der Waals surface area (Å²) in [5.41, 5.74) is 22.7. The van der Waals surface area contributed by atoms with E-state index in [9.17, 15) is 18.7 Å². The van der Waals surface area contributed by atoms with Gasteiger partial charge in [-0.25, -0.2) is 9.97 Å². The van der Waals surface area contributed by atoms with Gasteiger partial charge in [0, 0.05) is 25.0 Å². The van der Waals surface area contributed by atoms with E-state index < -0.39 is 27.0 Å². The average molecular weight is 534 g/mol.